The molecule has 21 heavy (non-hydrogen) atoms. The Kier molecular flexibility index (Phi) is 4.24. The summed E-state index contributed by atoms with van der Waals surface area (Å²) < 4.78 is 11.0. The average molecular weight is 304 g/mol. The fourth-order valence-electron chi connectivity index (χ4n) is 2.47. The number of ether oxygens (including phenoxy) is 2. The van der Waals surface area contributed by atoms with Crippen molar-refractivity contribution in [3.8, 4) is 0 Å². The van der Waals surface area contributed by atoms with Gasteiger partial charge in [0.05, 0.1) is 24.6 Å². The normalized spacial score (nSPS) is 15.6. The molecule has 1 fully saturated rings. The highest BCUT2D eigenvalue weighted by Gasteiger charge is 2.21. The zero-order valence-electron chi connectivity index (χ0n) is 12.6. The molecule has 1 saturated heterocycles. The third kappa shape index (κ3) is 3.10. The van der Waals surface area contributed by atoms with Crippen molar-refractivity contribution in [3.05, 3.63) is 45.4 Å². The monoisotopic (exact) mass is 304 g/mol. The van der Waals surface area contributed by atoms with Gasteiger partial charge in [-0.25, -0.2) is 4.98 Å². The molecule has 0 amide bonds. The number of anilines is 1. The zero-order chi connectivity index (χ0) is 14.8. The lowest BCUT2D eigenvalue weighted by Gasteiger charge is -2.21. The van der Waals surface area contributed by atoms with E-state index in [1.807, 2.05) is 6.20 Å². The molecular weight excluding hydrogens is 284 g/mol. The standard InChI is InChI=1S/C16H20N2O2S/c1-11-5-4-6-13(12(11)2)18(3)10-15-17-9-14(21-15)16-19-7-8-20-16/h4-6,9,16H,7-8,10H2,1-3H3. The molecule has 2 heterocycles. The molecule has 0 unspecified atom stereocenters. The van der Waals surface area contributed by atoms with Crippen LogP contribution in [-0.4, -0.2) is 25.2 Å². The Morgan fingerprint density at radius 1 is 1.29 bits per heavy atom. The van der Waals surface area contributed by atoms with Crippen molar-refractivity contribution >= 4 is 17.0 Å². The molecule has 0 radical (unpaired) electrons. The topological polar surface area (TPSA) is 34.6 Å². The Labute approximate surface area is 129 Å². The molecule has 4 nitrogen and oxygen atoms in total. The highest BCUT2D eigenvalue weighted by molar-refractivity contribution is 7.11. The van der Waals surface area contributed by atoms with Gasteiger partial charge in [0.15, 0.2) is 6.29 Å². The number of nitrogens with zero attached hydrogens (tertiary/aromatic N) is 2. The second-order valence-electron chi connectivity index (χ2n) is 5.30. The molecule has 1 aromatic heterocycles. The largest absolute Gasteiger partial charge is 0.368 e. The van der Waals surface area contributed by atoms with Gasteiger partial charge in [-0.2, -0.15) is 0 Å². The summed E-state index contributed by atoms with van der Waals surface area (Å²) in [6.07, 6.45) is 1.65. The van der Waals surface area contributed by atoms with Crippen LogP contribution >= 0.6 is 11.3 Å². The lowest BCUT2D eigenvalue weighted by atomic mass is 10.1. The fourth-order valence-corrected chi connectivity index (χ4v) is 3.44. The third-order valence-corrected chi connectivity index (χ3v) is 4.79. The van der Waals surface area contributed by atoms with Crippen LogP contribution in [-0.2, 0) is 16.0 Å². The van der Waals surface area contributed by atoms with Crippen LogP contribution in [0.3, 0.4) is 0 Å². The number of hydrogen-bond acceptors (Lipinski definition) is 5. The molecule has 0 spiro atoms. The summed E-state index contributed by atoms with van der Waals surface area (Å²) in [5.74, 6) is 0. The maximum Gasteiger partial charge on any atom is 0.194 e. The summed E-state index contributed by atoms with van der Waals surface area (Å²) in [6, 6.07) is 6.39. The average Bonchev–Trinajstić information content (AvgIpc) is 3.12. The van der Waals surface area contributed by atoms with Crippen LogP contribution in [0.1, 0.15) is 27.3 Å². The SMILES string of the molecule is Cc1cccc(N(C)Cc2ncc(C3OCCO3)s2)c1C. The Morgan fingerprint density at radius 2 is 2.05 bits per heavy atom. The lowest BCUT2D eigenvalue weighted by Crippen LogP contribution is -2.17. The van der Waals surface area contributed by atoms with E-state index in [1.54, 1.807) is 11.3 Å². The van der Waals surface area contributed by atoms with Crippen LogP contribution in [0.15, 0.2) is 24.4 Å². The minimum Gasteiger partial charge on any atom is -0.368 e. The maximum atomic E-state index is 5.51. The number of thiazole rings is 1. The van der Waals surface area contributed by atoms with Gasteiger partial charge < -0.3 is 14.4 Å². The molecule has 0 bridgehead atoms. The highest BCUT2D eigenvalue weighted by atomic mass is 32.1. The Morgan fingerprint density at radius 3 is 2.81 bits per heavy atom. The first-order valence-electron chi connectivity index (χ1n) is 7.10. The van der Waals surface area contributed by atoms with Crippen LogP contribution in [0.4, 0.5) is 5.69 Å². The Balaban J connectivity index is 1.72. The van der Waals surface area contributed by atoms with E-state index in [0.717, 1.165) is 16.4 Å². The first kappa shape index (κ1) is 14.5. The van der Waals surface area contributed by atoms with E-state index in [0.29, 0.717) is 13.2 Å². The molecular formula is C16H20N2O2S. The van der Waals surface area contributed by atoms with Gasteiger partial charge in [0.2, 0.25) is 0 Å². The molecule has 2 aromatic rings. The van der Waals surface area contributed by atoms with Gasteiger partial charge in [0.25, 0.3) is 0 Å². The van der Waals surface area contributed by atoms with Gasteiger partial charge in [-0.3, -0.25) is 0 Å². The van der Waals surface area contributed by atoms with Crippen molar-refractivity contribution in [3.63, 3.8) is 0 Å². The van der Waals surface area contributed by atoms with Crippen molar-refractivity contribution in [2.45, 2.75) is 26.7 Å². The van der Waals surface area contributed by atoms with Gasteiger partial charge >= 0.3 is 0 Å². The van der Waals surface area contributed by atoms with Crippen LogP contribution in [0.2, 0.25) is 0 Å². The number of hydrogen-bond donors (Lipinski definition) is 0. The van der Waals surface area contributed by atoms with Crippen molar-refractivity contribution in [1.29, 1.82) is 0 Å². The van der Waals surface area contributed by atoms with Crippen molar-refractivity contribution in [2.24, 2.45) is 0 Å². The summed E-state index contributed by atoms with van der Waals surface area (Å²) in [4.78, 5) is 7.79. The first-order valence-corrected chi connectivity index (χ1v) is 7.92. The Hall–Kier alpha value is -1.43. The van der Waals surface area contributed by atoms with E-state index in [2.05, 4.69) is 49.0 Å². The quantitative estimate of drug-likeness (QED) is 0.866. The number of aromatic nitrogens is 1. The van der Waals surface area contributed by atoms with Gasteiger partial charge in [0, 0.05) is 18.9 Å². The van der Waals surface area contributed by atoms with Crippen LogP contribution < -0.4 is 4.90 Å². The van der Waals surface area contributed by atoms with E-state index >= 15 is 0 Å². The number of benzene rings is 1. The lowest BCUT2D eigenvalue weighted by molar-refractivity contribution is -0.0414. The van der Waals surface area contributed by atoms with Gasteiger partial charge in [-0.1, -0.05) is 12.1 Å². The van der Waals surface area contributed by atoms with Crippen LogP contribution in [0, 0.1) is 13.8 Å². The van der Waals surface area contributed by atoms with Gasteiger partial charge in [-0.05, 0) is 31.0 Å². The smallest absolute Gasteiger partial charge is 0.194 e. The summed E-state index contributed by atoms with van der Waals surface area (Å²) in [7, 11) is 2.10. The van der Waals surface area contributed by atoms with Crippen molar-refractivity contribution in [2.75, 3.05) is 25.2 Å². The molecule has 1 aliphatic heterocycles. The molecule has 0 N–H and O–H groups in total. The zero-order valence-corrected chi connectivity index (χ0v) is 13.4. The number of aryl methyl sites for hydroxylation is 1. The third-order valence-electron chi connectivity index (χ3n) is 3.79. The van der Waals surface area contributed by atoms with E-state index in [1.165, 1.54) is 16.8 Å². The molecule has 1 aliphatic rings. The molecule has 112 valence electrons. The second-order valence-corrected chi connectivity index (χ2v) is 6.45. The minimum absolute atomic E-state index is 0.220. The Bertz CT molecular complexity index is 620. The molecule has 1 aromatic carbocycles. The summed E-state index contributed by atoms with van der Waals surface area (Å²) in [6.45, 7) is 6.43. The summed E-state index contributed by atoms with van der Waals surface area (Å²) in [5.41, 5.74) is 3.88. The van der Waals surface area contributed by atoms with Crippen LogP contribution in [0.25, 0.3) is 0 Å². The molecule has 3 rings (SSSR count). The minimum atomic E-state index is -0.220. The predicted octanol–water partition coefficient (Wildman–Crippen LogP) is 3.44. The molecule has 0 saturated carbocycles. The highest BCUT2D eigenvalue weighted by Crippen LogP contribution is 2.29. The van der Waals surface area contributed by atoms with Gasteiger partial charge in [-0.15, -0.1) is 11.3 Å². The van der Waals surface area contributed by atoms with Gasteiger partial charge in [0.1, 0.15) is 5.01 Å². The predicted molar refractivity (Wildman–Crippen MR) is 84.8 cm³/mol. The second kappa shape index (κ2) is 6.13. The summed E-state index contributed by atoms with van der Waals surface area (Å²) >= 11 is 1.66. The molecule has 0 atom stereocenters. The van der Waals surface area contributed by atoms with E-state index in [4.69, 9.17) is 9.47 Å². The summed E-state index contributed by atoms with van der Waals surface area (Å²) in [5, 5.41) is 1.08. The van der Waals surface area contributed by atoms with Crippen molar-refractivity contribution < 1.29 is 9.47 Å². The number of rotatable bonds is 4. The van der Waals surface area contributed by atoms with Crippen LogP contribution in [0.5, 0.6) is 0 Å². The fraction of sp³-hybridized carbons (Fsp3) is 0.438. The molecule has 5 heteroatoms. The van der Waals surface area contributed by atoms with E-state index < -0.39 is 0 Å². The first-order chi connectivity index (χ1) is 10.1. The van der Waals surface area contributed by atoms with Crippen molar-refractivity contribution in [1.82, 2.24) is 4.98 Å². The molecule has 0 aliphatic carbocycles. The van der Waals surface area contributed by atoms with E-state index in [-0.39, 0.29) is 6.29 Å². The van der Waals surface area contributed by atoms with E-state index in [9.17, 15) is 0 Å². The maximum absolute atomic E-state index is 5.51.